The number of benzene rings is 1. The molecule has 0 aliphatic carbocycles. The number of nitrogens with zero attached hydrogens (tertiary/aromatic N) is 6. The third-order valence-electron chi connectivity index (χ3n) is 7.46. The zero-order valence-electron chi connectivity index (χ0n) is 21.5. The van der Waals surface area contributed by atoms with Crippen molar-refractivity contribution in [2.24, 2.45) is 0 Å². The highest BCUT2D eigenvalue weighted by atomic mass is 35.5. The van der Waals surface area contributed by atoms with Crippen molar-refractivity contribution in [1.29, 1.82) is 0 Å². The second-order valence-electron chi connectivity index (χ2n) is 9.93. The molecule has 13 heteroatoms. The zero-order chi connectivity index (χ0) is 25.8. The maximum Gasteiger partial charge on any atom is 0.276 e. The smallest absolute Gasteiger partial charge is 0.276 e. The molecule has 10 nitrogen and oxygen atoms in total. The SMILES string of the molecule is Cl.Cl.O=C1CN2CCC=C2C(=O)N1Cc1cc2c(-c3cc(Cl)cc4ccn(CC5CNCCO5)c34)ncnn2c1. The number of amides is 2. The van der Waals surface area contributed by atoms with E-state index in [4.69, 9.17) is 16.3 Å². The third kappa shape index (κ3) is 4.95. The van der Waals surface area contributed by atoms with Gasteiger partial charge in [-0.25, -0.2) is 9.50 Å². The van der Waals surface area contributed by atoms with Gasteiger partial charge in [0.05, 0.1) is 54.8 Å². The molecular formula is C27H28Cl3N7O3. The van der Waals surface area contributed by atoms with Crippen molar-refractivity contribution >= 4 is 64.6 Å². The predicted molar refractivity (Wildman–Crippen MR) is 156 cm³/mol. The van der Waals surface area contributed by atoms with E-state index in [9.17, 15) is 9.59 Å². The van der Waals surface area contributed by atoms with Gasteiger partial charge in [-0.1, -0.05) is 17.7 Å². The quantitative estimate of drug-likeness (QED) is 0.349. The second kappa shape index (κ2) is 11.4. The number of carbonyl (C=O) groups excluding carboxylic acids is 2. The molecule has 2 fully saturated rings. The number of morpholine rings is 1. The molecule has 2 saturated heterocycles. The van der Waals surface area contributed by atoms with Gasteiger partial charge in [-0.3, -0.25) is 14.5 Å². The van der Waals surface area contributed by atoms with Crippen LogP contribution in [-0.4, -0.2) is 79.7 Å². The normalized spacial score (nSPS) is 19.0. The minimum Gasteiger partial charge on any atom is -0.374 e. The summed E-state index contributed by atoms with van der Waals surface area (Å²) in [5.41, 5.74) is 4.82. The molecule has 4 aromatic rings. The first-order valence-corrected chi connectivity index (χ1v) is 13.2. The summed E-state index contributed by atoms with van der Waals surface area (Å²) < 4.78 is 9.88. The summed E-state index contributed by atoms with van der Waals surface area (Å²) >= 11 is 6.55. The number of piperazine rings is 1. The lowest BCUT2D eigenvalue weighted by molar-refractivity contribution is -0.148. The number of aromatic nitrogens is 4. The second-order valence-corrected chi connectivity index (χ2v) is 10.4. The molecule has 1 atom stereocenters. The lowest BCUT2D eigenvalue weighted by Gasteiger charge is -2.32. The van der Waals surface area contributed by atoms with E-state index < -0.39 is 0 Å². The van der Waals surface area contributed by atoms with E-state index in [2.05, 4.69) is 32.2 Å². The van der Waals surface area contributed by atoms with E-state index in [1.807, 2.05) is 35.4 Å². The minimum absolute atomic E-state index is 0. The molecule has 1 N–H and O–H groups in total. The van der Waals surface area contributed by atoms with Crippen LogP contribution in [0.3, 0.4) is 0 Å². The van der Waals surface area contributed by atoms with E-state index in [0.717, 1.165) is 59.3 Å². The van der Waals surface area contributed by atoms with Crippen LogP contribution in [0, 0.1) is 0 Å². The number of imide groups is 1. The van der Waals surface area contributed by atoms with Crippen molar-refractivity contribution < 1.29 is 14.3 Å². The Bertz CT molecular complexity index is 1630. The van der Waals surface area contributed by atoms with Gasteiger partial charge in [-0.15, -0.1) is 24.8 Å². The van der Waals surface area contributed by atoms with Gasteiger partial charge in [-0.2, -0.15) is 5.10 Å². The van der Waals surface area contributed by atoms with E-state index >= 15 is 0 Å². The van der Waals surface area contributed by atoms with Crippen LogP contribution in [0.2, 0.25) is 5.02 Å². The summed E-state index contributed by atoms with van der Waals surface area (Å²) in [6.45, 7) is 4.18. The average molecular weight is 605 g/mol. The molecule has 0 saturated carbocycles. The van der Waals surface area contributed by atoms with E-state index in [0.29, 0.717) is 23.9 Å². The minimum atomic E-state index is -0.242. The number of nitrogens with one attached hydrogen (secondary N) is 1. The van der Waals surface area contributed by atoms with Crippen LogP contribution >= 0.6 is 36.4 Å². The van der Waals surface area contributed by atoms with E-state index in [-0.39, 0.29) is 55.8 Å². The Morgan fingerprint density at radius 1 is 1.18 bits per heavy atom. The van der Waals surface area contributed by atoms with Gasteiger partial charge in [-0.05, 0) is 36.2 Å². The topological polar surface area (TPSA) is 97.0 Å². The van der Waals surface area contributed by atoms with Crippen molar-refractivity contribution in [1.82, 2.24) is 34.3 Å². The van der Waals surface area contributed by atoms with Crippen LogP contribution in [0.1, 0.15) is 12.0 Å². The van der Waals surface area contributed by atoms with Gasteiger partial charge in [0, 0.05) is 48.0 Å². The standard InChI is InChI=1S/C27H26ClN7O3.2ClH/c28-19-9-18-3-6-33(14-20-11-29-4-7-38-20)26(18)21(10-19)25-23-8-17(13-35(23)31-16-30-25)12-34-24(36)15-32-5-1-2-22(32)27(34)37;;/h2-3,6,8-10,13,16,20,29H,1,4-5,7,11-12,14-15H2;2*1H. The molecule has 1 unspecified atom stereocenters. The molecule has 7 rings (SSSR count). The van der Waals surface area contributed by atoms with Gasteiger partial charge >= 0.3 is 0 Å². The first-order chi connectivity index (χ1) is 18.5. The molecule has 6 heterocycles. The first-order valence-electron chi connectivity index (χ1n) is 12.8. The summed E-state index contributed by atoms with van der Waals surface area (Å²) in [4.78, 5) is 33.6. The van der Waals surface area contributed by atoms with Gasteiger partial charge in [0.1, 0.15) is 6.33 Å². The number of ether oxygens (including phenoxy) is 1. The molecule has 1 aromatic carbocycles. The van der Waals surface area contributed by atoms with Crippen molar-refractivity contribution in [2.75, 3.05) is 32.8 Å². The van der Waals surface area contributed by atoms with Gasteiger partial charge in [0.25, 0.3) is 5.91 Å². The Labute approximate surface area is 247 Å². The molecule has 3 aliphatic heterocycles. The summed E-state index contributed by atoms with van der Waals surface area (Å²) in [5, 5.41) is 9.42. The van der Waals surface area contributed by atoms with Gasteiger partial charge in [0.15, 0.2) is 0 Å². The highest BCUT2D eigenvalue weighted by Gasteiger charge is 2.36. The summed E-state index contributed by atoms with van der Waals surface area (Å²) in [5.74, 6) is -0.432. The number of fused-ring (bicyclic) bond motifs is 3. The monoisotopic (exact) mass is 603 g/mol. The molecule has 0 bridgehead atoms. The third-order valence-corrected chi connectivity index (χ3v) is 7.68. The largest absolute Gasteiger partial charge is 0.374 e. The van der Waals surface area contributed by atoms with E-state index in [1.165, 1.54) is 11.2 Å². The lowest BCUT2D eigenvalue weighted by atomic mass is 10.1. The van der Waals surface area contributed by atoms with Crippen molar-refractivity contribution in [3.05, 3.63) is 65.3 Å². The molecule has 0 radical (unpaired) electrons. The average Bonchev–Trinajstić information content (AvgIpc) is 3.65. The van der Waals surface area contributed by atoms with Crippen LogP contribution in [-0.2, 0) is 27.4 Å². The Morgan fingerprint density at radius 3 is 2.88 bits per heavy atom. The van der Waals surface area contributed by atoms with Crippen LogP contribution in [0.25, 0.3) is 27.7 Å². The maximum atomic E-state index is 13.0. The van der Waals surface area contributed by atoms with Crippen molar-refractivity contribution in [2.45, 2.75) is 25.6 Å². The van der Waals surface area contributed by atoms with Crippen molar-refractivity contribution in [3.8, 4) is 11.3 Å². The number of carbonyl (C=O) groups is 2. The number of hydrogen-bond acceptors (Lipinski definition) is 7. The summed E-state index contributed by atoms with van der Waals surface area (Å²) in [7, 11) is 0. The van der Waals surface area contributed by atoms with Crippen LogP contribution in [0.5, 0.6) is 0 Å². The van der Waals surface area contributed by atoms with Crippen molar-refractivity contribution in [3.63, 3.8) is 0 Å². The molecule has 210 valence electrons. The maximum absolute atomic E-state index is 13.0. The molecule has 2 amide bonds. The number of rotatable bonds is 5. The highest BCUT2D eigenvalue weighted by molar-refractivity contribution is 6.32. The Kier molecular flexibility index (Phi) is 8.08. The number of halogens is 3. The fourth-order valence-corrected chi connectivity index (χ4v) is 5.94. The van der Waals surface area contributed by atoms with Crippen LogP contribution in [0.4, 0.5) is 0 Å². The highest BCUT2D eigenvalue weighted by Crippen LogP contribution is 2.35. The zero-order valence-corrected chi connectivity index (χ0v) is 23.8. The Hall–Kier alpha value is -3.15. The van der Waals surface area contributed by atoms with E-state index in [1.54, 1.807) is 4.52 Å². The molecule has 40 heavy (non-hydrogen) atoms. The molecule has 3 aliphatic rings. The Balaban J connectivity index is 0.00000161. The Morgan fingerprint density at radius 2 is 2.05 bits per heavy atom. The van der Waals surface area contributed by atoms with Crippen LogP contribution in [0.15, 0.2) is 54.8 Å². The number of hydrogen-bond donors (Lipinski definition) is 1. The lowest BCUT2D eigenvalue weighted by Crippen LogP contribution is -2.50. The molecule has 0 spiro atoms. The first kappa shape index (κ1) is 28.4. The molecular weight excluding hydrogens is 577 g/mol. The van der Waals surface area contributed by atoms with Crippen LogP contribution < -0.4 is 5.32 Å². The predicted octanol–water partition coefficient (Wildman–Crippen LogP) is 3.29. The summed E-state index contributed by atoms with van der Waals surface area (Å²) in [6, 6.07) is 7.87. The summed E-state index contributed by atoms with van der Waals surface area (Å²) in [6.07, 6.45) is 8.18. The fourth-order valence-electron chi connectivity index (χ4n) is 5.72. The molecule has 3 aromatic heterocycles. The van der Waals surface area contributed by atoms with Gasteiger partial charge in [0.2, 0.25) is 5.91 Å². The fraction of sp³-hybridized carbons (Fsp3) is 0.333. The van der Waals surface area contributed by atoms with Gasteiger partial charge < -0.3 is 19.5 Å².